The Hall–Kier alpha value is -1.30. The van der Waals surface area contributed by atoms with Crippen LogP contribution in [0.1, 0.15) is 20.8 Å². The maximum Gasteiger partial charge on any atom is 0.241 e. The van der Waals surface area contributed by atoms with Gasteiger partial charge in [0.1, 0.15) is 0 Å². The molecule has 3 N–H and O–H groups in total. The van der Waals surface area contributed by atoms with Crippen molar-refractivity contribution in [2.75, 3.05) is 24.1 Å². The van der Waals surface area contributed by atoms with Gasteiger partial charge in [0.05, 0.1) is 29.0 Å². The van der Waals surface area contributed by atoms with Crippen molar-refractivity contribution in [1.82, 2.24) is 4.90 Å². The van der Waals surface area contributed by atoms with Crippen LogP contribution >= 0.6 is 11.6 Å². The molecule has 1 fully saturated rings. The number of carbonyl (C=O) groups is 1. The van der Waals surface area contributed by atoms with Crippen molar-refractivity contribution >= 4 is 28.9 Å². The summed E-state index contributed by atoms with van der Waals surface area (Å²) < 4.78 is 5.69. The molecule has 0 aromatic heterocycles. The van der Waals surface area contributed by atoms with E-state index in [0.717, 1.165) is 13.1 Å². The molecule has 1 aliphatic heterocycles. The third-order valence-electron chi connectivity index (χ3n) is 3.64. The first-order valence-corrected chi connectivity index (χ1v) is 7.50. The Labute approximate surface area is 130 Å². The van der Waals surface area contributed by atoms with Gasteiger partial charge in [0.2, 0.25) is 5.91 Å². The number of ether oxygens (including phenoxy) is 1. The second kappa shape index (κ2) is 6.64. The molecule has 0 radical (unpaired) electrons. The van der Waals surface area contributed by atoms with Crippen LogP contribution in [0.5, 0.6) is 0 Å². The molecule has 1 aliphatic rings. The molecule has 1 saturated heterocycles. The van der Waals surface area contributed by atoms with E-state index in [1.165, 1.54) is 0 Å². The Morgan fingerprint density at radius 2 is 2.05 bits per heavy atom. The zero-order valence-corrected chi connectivity index (χ0v) is 13.4. The minimum atomic E-state index is -0.226. The predicted octanol–water partition coefficient (Wildman–Crippen LogP) is 2.36. The van der Waals surface area contributed by atoms with Crippen LogP contribution in [0.4, 0.5) is 11.4 Å². The number of hydrogen-bond acceptors (Lipinski definition) is 4. The topological polar surface area (TPSA) is 67.6 Å². The van der Waals surface area contributed by atoms with E-state index >= 15 is 0 Å². The Morgan fingerprint density at radius 1 is 1.43 bits per heavy atom. The minimum Gasteiger partial charge on any atom is -0.397 e. The number of amides is 1. The van der Waals surface area contributed by atoms with Crippen LogP contribution < -0.4 is 11.1 Å². The van der Waals surface area contributed by atoms with Crippen LogP contribution in [0.2, 0.25) is 5.02 Å². The number of morpholine rings is 1. The number of benzene rings is 1. The lowest BCUT2D eigenvalue weighted by molar-refractivity contribution is -0.126. The zero-order valence-electron chi connectivity index (χ0n) is 12.6. The molecule has 116 valence electrons. The van der Waals surface area contributed by atoms with Crippen LogP contribution in [0, 0.1) is 0 Å². The number of carbonyl (C=O) groups excluding carboxylic acids is 1. The molecular formula is C15H22ClN3O2. The van der Waals surface area contributed by atoms with Crippen molar-refractivity contribution in [2.45, 2.75) is 39.0 Å². The second-order valence-corrected chi connectivity index (χ2v) is 6.02. The van der Waals surface area contributed by atoms with Crippen LogP contribution in [0.3, 0.4) is 0 Å². The lowest BCUT2D eigenvalue weighted by atomic mass is 10.1. The Bertz CT molecular complexity index is 514. The molecule has 21 heavy (non-hydrogen) atoms. The summed E-state index contributed by atoms with van der Waals surface area (Å²) >= 11 is 5.87. The third kappa shape index (κ3) is 4.09. The molecule has 0 aliphatic carbocycles. The summed E-state index contributed by atoms with van der Waals surface area (Å²) in [5, 5.41) is 3.36. The third-order valence-corrected chi connectivity index (χ3v) is 3.98. The van der Waals surface area contributed by atoms with Gasteiger partial charge in [0.25, 0.3) is 0 Å². The SMILES string of the molecule is CC(C(=O)Nc1ccc(Cl)c(N)c1)N1C[C@@H](C)O[C@@H](C)C1. The Balaban J connectivity index is 2.00. The summed E-state index contributed by atoms with van der Waals surface area (Å²) in [6.45, 7) is 7.45. The molecule has 1 amide bonds. The van der Waals surface area contributed by atoms with Crippen molar-refractivity contribution in [3.63, 3.8) is 0 Å². The van der Waals surface area contributed by atoms with Crippen molar-refractivity contribution in [3.8, 4) is 0 Å². The van der Waals surface area contributed by atoms with E-state index in [-0.39, 0.29) is 24.2 Å². The molecule has 6 heteroatoms. The highest BCUT2D eigenvalue weighted by Gasteiger charge is 2.29. The van der Waals surface area contributed by atoms with E-state index in [1.54, 1.807) is 18.2 Å². The first-order valence-electron chi connectivity index (χ1n) is 7.12. The number of nitrogens with two attached hydrogens (primary N) is 1. The van der Waals surface area contributed by atoms with Gasteiger partial charge in [0, 0.05) is 18.8 Å². The number of anilines is 2. The van der Waals surface area contributed by atoms with Crippen molar-refractivity contribution in [1.29, 1.82) is 0 Å². The number of nitrogen functional groups attached to an aromatic ring is 1. The number of nitrogens with zero attached hydrogens (tertiary/aromatic N) is 1. The molecular weight excluding hydrogens is 290 g/mol. The summed E-state index contributed by atoms with van der Waals surface area (Å²) in [7, 11) is 0. The summed E-state index contributed by atoms with van der Waals surface area (Å²) in [5.74, 6) is -0.0574. The lowest BCUT2D eigenvalue weighted by Crippen LogP contribution is -2.52. The number of nitrogens with one attached hydrogen (secondary N) is 1. The van der Waals surface area contributed by atoms with E-state index in [4.69, 9.17) is 22.1 Å². The molecule has 0 bridgehead atoms. The van der Waals surface area contributed by atoms with E-state index in [0.29, 0.717) is 16.4 Å². The number of halogens is 1. The fraction of sp³-hybridized carbons (Fsp3) is 0.533. The fourth-order valence-electron chi connectivity index (χ4n) is 2.57. The Kier molecular flexibility index (Phi) is 5.08. The van der Waals surface area contributed by atoms with E-state index < -0.39 is 0 Å². The van der Waals surface area contributed by atoms with Gasteiger partial charge < -0.3 is 15.8 Å². The predicted molar refractivity (Wildman–Crippen MR) is 85.5 cm³/mol. The van der Waals surface area contributed by atoms with Crippen LogP contribution in [-0.2, 0) is 9.53 Å². The second-order valence-electron chi connectivity index (χ2n) is 5.61. The zero-order chi connectivity index (χ0) is 15.6. The molecule has 1 aromatic carbocycles. The maximum absolute atomic E-state index is 12.4. The average Bonchev–Trinajstić information content (AvgIpc) is 2.41. The average molecular weight is 312 g/mol. The lowest BCUT2D eigenvalue weighted by Gasteiger charge is -2.38. The van der Waals surface area contributed by atoms with Gasteiger partial charge in [-0.05, 0) is 39.0 Å². The first kappa shape index (κ1) is 16.1. The van der Waals surface area contributed by atoms with Gasteiger partial charge >= 0.3 is 0 Å². The van der Waals surface area contributed by atoms with Gasteiger partial charge in [-0.1, -0.05) is 11.6 Å². The van der Waals surface area contributed by atoms with Gasteiger partial charge in [-0.3, -0.25) is 9.69 Å². The van der Waals surface area contributed by atoms with Crippen molar-refractivity contribution < 1.29 is 9.53 Å². The molecule has 0 saturated carbocycles. The summed E-state index contributed by atoms with van der Waals surface area (Å²) in [6, 6.07) is 4.86. The van der Waals surface area contributed by atoms with E-state index in [2.05, 4.69) is 10.2 Å². The molecule has 2 rings (SSSR count). The largest absolute Gasteiger partial charge is 0.397 e. The summed E-state index contributed by atoms with van der Waals surface area (Å²) in [5.41, 5.74) is 6.85. The van der Waals surface area contributed by atoms with Gasteiger partial charge in [-0.15, -0.1) is 0 Å². The molecule has 5 nitrogen and oxygen atoms in total. The molecule has 0 spiro atoms. The quantitative estimate of drug-likeness (QED) is 0.841. The summed E-state index contributed by atoms with van der Waals surface area (Å²) in [4.78, 5) is 14.5. The smallest absolute Gasteiger partial charge is 0.241 e. The van der Waals surface area contributed by atoms with E-state index in [1.807, 2.05) is 20.8 Å². The molecule has 1 heterocycles. The summed E-state index contributed by atoms with van der Waals surface area (Å²) in [6.07, 6.45) is 0.269. The first-order chi connectivity index (χ1) is 9.86. The minimum absolute atomic E-state index is 0.0574. The van der Waals surface area contributed by atoms with Gasteiger partial charge in [-0.25, -0.2) is 0 Å². The van der Waals surface area contributed by atoms with Gasteiger partial charge in [0.15, 0.2) is 0 Å². The highest BCUT2D eigenvalue weighted by molar-refractivity contribution is 6.33. The van der Waals surface area contributed by atoms with Crippen LogP contribution in [0.15, 0.2) is 18.2 Å². The van der Waals surface area contributed by atoms with E-state index in [9.17, 15) is 4.79 Å². The maximum atomic E-state index is 12.4. The van der Waals surface area contributed by atoms with Crippen LogP contribution in [-0.4, -0.2) is 42.1 Å². The highest BCUT2D eigenvalue weighted by Crippen LogP contribution is 2.23. The normalized spacial score (nSPS) is 24.6. The van der Waals surface area contributed by atoms with Crippen molar-refractivity contribution in [2.24, 2.45) is 0 Å². The number of rotatable bonds is 3. The van der Waals surface area contributed by atoms with Crippen molar-refractivity contribution in [3.05, 3.63) is 23.2 Å². The standard InChI is InChI=1S/C15H22ClN3O2/c1-9-7-19(8-10(2)21-9)11(3)15(20)18-12-4-5-13(16)14(17)6-12/h4-6,9-11H,7-8,17H2,1-3H3,(H,18,20)/t9-,10+,11?. The molecule has 1 aromatic rings. The van der Waals surface area contributed by atoms with Gasteiger partial charge in [-0.2, -0.15) is 0 Å². The molecule has 3 atom stereocenters. The number of hydrogen-bond donors (Lipinski definition) is 2. The molecule has 1 unspecified atom stereocenters. The monoisotopic (exact) mass is 311 g/mol. The van der Waals surface area contributed by atoms with Crippen LogP contribution in [0.25, 0.3) is 0 Å². The fourth-order valence-corrected chi connectivity index (χ4v) is 2.69. The Morgan fingerprint density at radius 3 is 2.62 bits per heavy atom. The highest BCUT2D eigenvalue weighted by atomic mass is 35.5.